The first kappa shape index (κ1) is 30.9. The minimum absolute atomic E-state index is 0.137. The molecule has 0 spiro atoms. The minimum atomic E-state index is -5.08. The first-order valence-corrected chi connectivity index (χ1v) is 12.9. The molecule has 4 rings (SSSR count). The number of amides is 1. The van der Waals surface area contributed by atoms with Crippen LogP contribution in [0.1, 0.15) is 55.8 Å². The standard InChI is InChI=1S/C23H31FN6O3.C2HF3O2/c1-2-16(24)13-26-23-27-14-19(21(29-23)28-17-5-7-18(31)8-6-17)20-9-4-15(12-25-20)22(32)30-10-3-11-33-30;3-2(4,5)1(6)7/h4,9,12,14,16-18,31H,2-3,5-8,10-11,13H2,1H3,(H2,26,27,28,29);(H,6,7)/t16-,17?,18?;/m0./s1. The number of aromatic nitrogens is 3. The van der Waals surface area contributed by atoms with Crippen LogP contribution in [0.4, 0.5) is 29.3 Å². The number of pyridine rings is 1. The summed E-state index contributed by atoms with van der Waals surface area (Å²) in [5, 5.41) is 24.7. The van der Waals surface area contributed by atoms with Gasteiger partial charge in [0.25, 0.3) is 5.91 Å². The maximum absolute atomic E-state index is 13.7. The van der Waals surface area contributed by atoms with Gasteiger partial charge in [0.2, 0.25) is 5.95 Å². The van der Waals surface area contributed by atoms with Gasteiger partial charge in [-0.05, 0) is 50.7 Å². The number of alkyl halides is 4. The van der Waals surface area contributed by atoms with E-state index in [1.807, 2.05) is 0 Å². The first-order valence-electron chi connectivity index (χ1n) is 12.9. The molecule has 15 heteroatoms. The van der Waals surface area contributed by atoms with Crippen molar-refractivity contribution in [1.29, 1.82) is 0 Å². The van der Waals surface area contributed by atoms with Gasteiger partial charge in [0.1, 0.15) is 12.0 Å². The summed E-state index contributed by atoms with van der Waals surface area (Å²) in [6.07, 6.45) is 1.22. The molecule has 1 aliphatic carbocycles. The predicted molar refractivity (Wildman–Crippen MR) is 136 cm³/mol. The fraction of sp³-hybridized carbons (Fsp3) is 0.560. The number of aliphatic hydroxyl groups is 1. The molecule has 0 unspecified atom stereocenters. The maximum atomic E-state index is 13.7. The molecule has 40 heavy (non-hydrogen) atoms. The Labute approximate surface area is 227 Å². The molecular formula is C25H32F4N6O5. The topological polar surface area (TPSA) is 150 Å². The number of carboxylic acids is 1. The van der Waals surface area contributed by atoms with Crippen molar-refractivity contribution in [3.05, 3.63) is 30.1 Å². The first-order chi connectivity index (χ1) is 19.0. The molecule has 2 fully saturated rings. The number of hydrogen-bond donors (Lipinski definition) is 4. The third-order valence-electron chi connectivity index (χ3n) is 6.26. The highest BCUT2D eigenvalue weighted by atomic mass is 19.4. The summed E-state index contributed by atoms with van der Waals surface area (Å²) in [6.45, 7) is 3.05. The number of nitrogens with zero attached hydrogens (tertiary/aromatic N) is 4. The van der Waals surface area contributed by atoms with Gasteiger partial charge in [-0.25, -0.2) is 19.2 Å². The number of carbonyl (C=O) groups is 2. The number of hydroxylamine groups is 2. The largest absolute Gasteiger partial charge is 0.490 e. The Morgan fingerprint density at radius 3 is 2.42 bits per heavy atom. The van der Waals surface area contributed by atoms with Crippen LogP contribution in [-0.4, -0.2) is 86.3 Å². The Hall–Kier alpha value is -3.59. The van der Waals surface area contributed by atoms with Gasteiger partial charge in [0.05, 0.1) is 36.1 Å². The Morgan fingerprint density at radius 2 is 1.88 bits per heavy atom. The lowest BCUT2D eigenvalue weighted by Crippen LogP contribution is -2.29. The number of aliphatic carboxylic acids is 1. The molecule has 1 aliphatic heterocycles. The lowest BCUT2D eigenvalue weighted by molar-refractivity contribution is -0.192. The highest BCUT2D eigenvalue weighted by Gasteiger charge is 2.38. The van der Waals surface area contributed by atoms with Crippen LogP contribution in [0.2, 0.25) is 0 Å². The van der Waals surface area contributed by atoms with Crippen LogP contribution >= 0.6 is 0 Å². The van der Waals surface area contributed by atoms with Crippen molar-refractivity contribution < 1.29 is 42.2 Å². The third-order valence-corrected chi connectivity index (χ3v) is 6.26. The van der Waals surface area contributed by atoms with Gasteiger partial charge in [-0.1, -0.05) is 6.92 Å². The number of nitrogens with one attached hydrogen (secondary N) is 2. The molecule has 11 nitrogen and oxygen atoms in total. The van der Waals surface area contributed by atoms with Crippen LogP contribution in [-0.2, 0) is 9.63 Å². The lowest BCUT2D eigenvalue weighted by atomic mass is 9.93. The van der Waals surface area contributed by atoms with Crippen molar-refractivity contribution >= 4 is 23.6 Å². The molecule has 220 valence electrons. The summed E-state index contributed by atoms with van der Waals surface area (Å²) in [4.78, 5) is 40.2. The van der Waals surface area contributed by atoms with E-state index in [-0.39, 0.29) is 24.6 Å². The van der Waals surface area contributed by atoms with Crippen LogP contribution in [0.15, 0.2) is 24.5 Å². The number of anilines is 2. The van der Waals surface area contributed by atoms with Crippen molar-refractivity contribution in [2.24, 2.45) is 0 Å². The van der Waals surface area contributed by atoms with Crippen molar-refractivity contribution in [2.75, 3.05) is 30.3 Å². The third kappa shape index (κ3) is 8.98. The average molecular weight is 573 g/mol. The summed E-state index contributed by atoms with van der Waals surface area (Å²) in [5.41, 5.74) is 1.76. The molecule has 1 saturated heterocycles. The van der Waals surface area contributed by atoms with Crippen LogP contribution in [0.3, 0.4) is 0 Å². The van der Waals surface area contributed by atoms with E-state index >= 15 is 0 Å². The highest BCUT2D eigenvalue weighted by molar-refractivity contribution is 5.93. The number of carboxylic acid groups (broad SMARTS) is 1. The fourth-order valence-corrected chi connectivity index (χ4v) is 3.96. The monoisotopic (exact) mass is 572 g/mol. The Kier molecular flexibility index (Phi) is 11.0. The van der Waals surface area contributed by atoms with Crippen molar-refractivity contribution in [3.8, 4) is 11.3 Å². The van der Waals surface area contributed by atoms with E-state index in [4.69, 9.17) is 14.7 Å². The Balaban J connectivity index is 0.000000559. The van der Waals surface area contributed by atoms with Gasteiger partial charge >= 0.3 is 12.1 Å². The Bertz CT molecular complexity index is 1120. The molecule has 0 bridgehead atoms. The normalized spacial score (nSPS) is 19.8. The molecule has 2 aliphatic rings. The molecule has 1 saturated carbocycles. The van der Waals surface area contributed by atoms with Crippen molar-refractivity contribution in [1.82, 2.24) is 20.0 Å². The molecule has 1 amide bonds. The van der Waals surface area contributed by atoms with Gasteiger partial charge in [-0.15, -0.1) is 0 Å². The van der Waals surface area contributed by atoms with E-state index in [1.54, 1.807) is 25.3 Å². The second-order valence-electron chi connectivity index (χ2n) is 9.32. The van der Waals surface area contributed by atoms with Crippen molar-refractivity contribution in [2.45, 2.75) is 69.9 Å². The summed E-state index contributed by atoms with van der Waals surface area (Å²) in [7, 11) is 0. The molecular weight excluding hydrogens is 540 g/mol. The van der Waals surface area contributed by atoms with E-state index in [0.717, 1.165) is 32.1 Å². The number of halogens is 4. The summed E-state index contributed by atoms with van der Waals surface area (Å²) in [6, 6.07) is 3.64. The van der Waals surface area contributed by atoms with E-state index in [2.05, 4.69) is 25.6 Å². The van der Waals surface area contributed by atoms with E-state index in [9.17, 15) is 27.5 Å². The van der Waals surface area contributed by atoms with E-state index in [1.165, 1.54) is 11.3 Å². The zero-order chi connectivity index (χ0) is 29.3. The number of carbonyl (C=O) groups excluding carboxylic acids is 1. The van der Waals surface area contributed by atoms with Gasteiger partial charge in [-0.3, -0.25) is 14.6 Å². The van der Waals surface area contributed by atoms with Crippen LogP contribution in [0, 0.1) is 0 Å². The van der Waals surface area contributed by atoms with Crippen LogP contribution in [0.25, 0.3) is 11.3 Å². The van der Waals surface area contributed by atoms with Gasteiger partial charge in [0.15, 0.2) is 0 Å². The van der Waals surface area contributed by atoms with Crippen LogP contribution in [0.5, 0.6) is 0 Å². The summed E-state index contributed by atoms with van der Waals surface area (Å²) in [5.74, 6) is -2.04. The van der Waals surface area contributed by atoms with E-state index < -0.39 is 18.3 Å². The van der Waals surface area contributed by atoms with Gasteiger partial charge in [-0.2, -0.15) is 18.2 Å². The van der Waals surface area contributed by atoms with Gasteiger partial charge in [0, 0.05) is 25.0 Å². The number of hydrogen-bond acceptors (Lipinski definition) is 9. The highest BCUT2D eigenvalue weighted by Crippen LogP contribution is 2.29. The molecule has 3 heterocycles. The molecule has 2 aromatic heterocycles. The number of rotatable bonds is 8. The molecule has 0 radical (unpaired) electrons. The zero-order valence-corrected chi connectivity index (χ0v) is 21.8. The fourth-order valence-electron chi connectivity index (χ4n) is 3.96. The lowest BCUT2D eigenvalue weighted by Gasteiger charge is -2.27. The average Bonchev–Trinajstić information content (AvgIpc) is 3.48. The molecule has 2 aromatic rings. The zero-order valence-electron chi connectivity index (χ0n) is 21.8. The Morgan fingerprint density at radius 1 is 1.18 bits per heavy atom. The maximum Gasteiger partial charge on any atom is 0.490 e. The quantitative estimate of drug-likeness (QED) is 0.344. The smallest absolute Gasteiger partial charge is 0.475 e. The predicted octanol–water partition coefficient (Wildman–Crippen LogP) is 3.82. The summed E-state index contributed by atoms with van der Waals surface area (Å²) < 4.78 is 45.4. The molecule has 0 aromatic carbocycles. The van der Waals surface area contributed by atoms with Crippen LogP contribution < -0.4 is 10.6 Å². The second-order valence-corrected chi connectivity index (χ2v) is 9.32. The molecule has 4 N–H and O–H groups in total. The van der Waals surface area contributed by atoms with Gasteiger partial charge < -0.3 is 20.8 Å². The SMILES string of the molecule is CC[C@H](F)CNc1ncc(-c2ccc(C(=O)N3CCCO3)cn2)c(NC2CCC(O)CC2)n1.O=C(O)C(F)(F)F. The molecule has 1 atom stereocenters. The van der Waals surface area contributed by atoms with E-state index in [0.29, 0.717) is 48.2 Å². The number of aliphatic hydroxyl groups excluding tert-OH is 1. The minimum Gasteiger partial charge on any atom is -0.475 e. The summed E-state index contributed by atoms with van der Waals surface area (Å²) >= 11 is 0. The second kappa shape index (κ2) is 14.2. The van der Waals surface area contributed by atoms with Crippen molar-refractivity contribution in [3.63, 3.8) is 0 Å².